The average molecular weight is 471 g/mol. The van der Waals surface area contributed by atoms with Crippen LogP contribution in [0.25, 0.3) is 11.0 Å². The molecule has 1 amide bonds. The maximum Gasteiger partial charge on any atom is 0.416 e. The van der Waals surface area contributed by atoms with Crippen LogP contribution in [-0.4, -0.2) is 20.9 Å². The lowest BCUT2D eigenvalue weighted by molar-refractivity contribution is -0.137. The van der Waals surface area contributed by atoms with E-state index in [-0.39, 0.29) is 5.91 Å². The molecule has 0 saturated heterocycles. The Hall–Kier alpha value is -3.39. The number of imidazole rings is 1. The second kappa shape index (κ2) is 7.88. The zero-order chi connectivity index (χ0) is 23.2. The van der Waals surface area contributed by atoms with Crippen molar-refractivity contribution in [2.45, 2.75) is 30.9 Å². The summed E-state index contributed by atoms with van der Waals surface area (Å²) in [6.45, 7) is 0. The first kappa shape index (κ1) is 21.5. The lowest BCUT2D eigenvalue weighted by Gasteiger charge is -2.40. The molecule has 1 saturated carbocycles. The SMILES string of the molecule is O=C(Nc1ccc(C2(c3nc4ccc(C(F)(F)F)cc4[nH]3)CCC2)cn1)c1cccc(Cl)c1. The fourth-order valence-electron chi connectivity index (χ4n) is 4.17. The summed E-state index contributed by atoms with van der Waals surface area (Å²) in [5, 5.41) is 3.21. The molecule has 4 aromatic rings. The number of alkyl halides is 3. The third-order valence-corrected chi connectivity index (χ3v) is 6.35. The predicted octanol–water partition coefficient (Wildman–Crippen LogP) is 6.35. The summed E-state index contributed by atoms with van der Waals surface area (Å²) in [6, 6.07) is 13.7. The monoisotopic (exact) mass is 470 g/mol. The van der Waals surface area contributed by atoms with Gasteiger partial charge in [0.15, 0.2) is 0 Å². The molecule has 2 aromatic heterocycles. The van der Waals surface area contributed by atoms with Crippen LogP contribution in [0.15, 0.2) is 60.8 Å². The van der Waals surface area contributed by atoms with Gasteiger partial charge in [-0.15, -0.1) is 0 Å². The van der Waals surface area contributed by atoms with Crippen LogP contribution in [0.5, 0.6) is 0 Å². The molecule has 5 rings (SSSR count). The Morgan fingerprint density at radius 2 is 1.91 bits per heavy atom. The maximum absolute atomic E-state index is 13.1. The zero-order valence-electron chi connectivity index (χ0n) is 17.2. The number of rotatable bonds is 4. The van der Waals surface area contributed by atoms with Crippen LogP contribution in [0, 0.1) is 0 Å². The lowest BCUT2D eigenvalue weighted by atomic mass is 9.64. The molecule has 0 radical (unpaired) electrons. The van der Waals surface area contributed by atoms with Crippen LogP contribution >= 0.6 is 11.6 Å². The second-order valence-corrected chi connectivity index (χ2v) is 8.58. The normalized spacial score (nSPS) is 15.3. The van der Waals surface area contributed by atoms with Gasteiger partial charge in [0, 0.05) is 16.8 Å². The fourth-order valence-corrected chi connectivity index (χ4v) is 4.36. The fraction of sp³-hybridized carbons (Fsp3) is 0.208. The number of carbonyl (C=O) groups excluding carboxylic acids is 1. The van der Waals surface area contributed by atoms with Crippen molar-refractivity contribution in [2.24, 2.45) is 0 Å². The molecule has 2 aromatic carbocycles. The molecule has 5 nitrogen and oxygen atoms in total. The van der Waals surface area contributed by atoms with E-state index in [1.54, 1.807) is 36.5 Å². The molecule has 1 aliphatic carbocycles. The topological polar surface area (TPSA) is 70.7 Å². The molecular weight excluding hydrogens is 453 g/mol. The second-order valence-electron chi connectivity index (χ2n) is 8.15. The van der Waals surface area contributed by atoms with Crippen LogP contribution in [0.2, 0.25) is 5.02 Å². The quantitative estimate of drug-likeness (QED) is 0.365. The summed E-state index contributed by atoms with van der Waals surface area (Å²) in [5.41, 5.74) is 0.996. The van der Waals surface area contributed by atoms with E-state index >= 15 is 0 Å². The highest BCUT2D eigenvalue weighted by Gasteiger charge is 2.43. The molecule has 0 bridgehead atoms. The number of halogens is 4. The third kappa shape index (κ3) is 3.95. The molecule has 2 N–H and O–H groups in total. The van der Waals surface area contributed by atoms with Crippen molar-refractivity contribution in [2.75, 3.05) is 5.32 Å². The molecular formula is C24H18ClF3N4O. The van der Waals surface area contributed by atoms with E-state index in [0.717, 1.165) is 37.0 Å². The van der Waals surface area contributed by atoms with Gasteiger partial charge in [0.1, 0.15) is 11.6 Å². The van der Waals surface area contributed by atoms with Crippen molar-refractivity contribution in [1.82, 2.24) is 15.0 Å². The number of nitrogens with one attached hydrogen (secondary N) is 2. The van der Waals surface area contributed by atoms with Crippen molar-refractivity contribution in [1.29, 1.82) is 0 Å². The van der Waals surface area contributed by atoms with Crippen molar-refractivity contribution in [3.8, 4) is 0 Å². The summed E-state index contributed by atoms with van der Waals surface area (Å²) in [5.74, 6) is 0.687. The number of fused-ring (bicyclic) bond motifs is 1. The molecule has 0 aliphatic heterocycles. The standard InChI is InChI=1S/C24H18ClF3N4O/c25-17-4-1-3-14(11-17)21(33)32-20-8-6-16(13-29-20)23(9-2-10-23)22-30-18-7-5-15(24(26,27)28)12-19(18)31-22/h1,3-8,11-13H,2,9-10H2,(H,30,31)(H,29,32,33). The minimum atomic E-state index is -4.41. The summed E-state index contributed by atoms with van der Waals surface area (Å²) < 4.78 is 39.2. The Bertz CT molecular complexity index is 1340. The highest BCUT2D eigenvalue weighted by Crippen LogP contribution is 2.48. The molecule has 0 spiro atoms. The number of H-pyrrole nitrogens is 1. The Kier molecular flexibility index (Phi) is 5.12. The van der Waals surface area contributed by atoms with Crippen LogP contribution < -0.4 is 5.32 Å². The van der Waals surface area contributed by atoms with Crippen LogP contribution in [0.4, 0.5) is 19.0 Å². The zero-order valence-corrected chi connectivity index (χ0v) is 18.0. The van der Waals surface area contributed by atoms with E-state index in [0.29, 0.717) is 33.3 Å². The maximum atomic E-state index is 13.1. The smallest absolute Gasteiger partial charge is 0.341 e. The van der Waals surface area contributed by atoms with E-state index in [4.69, 9.17) is 11.6 Å². The molecule has 0 atom stereocenters. The first-order chi connectivity index (χ1) is 15.7. The number of anilines is 1. The number of aromatic amines is 1. The Labute approximate surface area is 192 Å². The van der Waals surface area contributed by atoms with Gasteiger partial charge >= 0.3 is 6.18 Å². The molecule has 1 aliphatic rings. The molecule has 168 valence electrons. The minimum absolute atomic E-state index is 0.325. The van der Waals surface area contributed by atoms with Gasteiger partial charge in [-0.05, 0) is 60.9 Å². The number of aromatic nitrogens is 3. The van der Waals surface area contributed by atoms with Gasteiger partial charge in [-0.3, -0.25) is 4.79 Å². The number of hydrogen-bond donors (Lipinski definition) is 2. The van der Waals surface area contributed by atoms with Gasteiger partial charge < -0.3 is 10.3 Å². The van der Waals surface area contributed by atoms with Crippen LogP contribution in [0.3, 0.4) is 0 Å². The number of benzene rings is 2. The number of amides is 1. The Morgan fingerprint density at radius 1 is 1.09 bits per heavy atom. The lowest BCUT2D eigenvalue weighted by Crippen LogP contribution is -2.36. The first-order valence-corrected chi connectivity index (χ1v) is 10.7. The first-order valence-electron chi connectivity index (χ1n) is 10.4. The van der Waals surface area contributed by atoms with Gasteiger partial charge in [0.25, 0.3) is 5.91 Å². The van der Waals surface area contributed by atoms with Gasteiger partial charge in [-0.25, -0.2) is 9.97 Å². The average Bonchev–Trinajstić information content (AvgIpc) is 3.17. The predicted molar refractivity (Wildman–Crippen MR) is 119 cm³/mol. The number of nitrogens with zero attached hydrogens (tertiary/aromatic N) is 2. The highest BCUT2D eigenvalue weighted by atomic mass is 35.5. The summed E-state index contributed by atoms with van der Waals surface area (Å²) in [7, 11) is 0. The van der Waals surface area contributed by atoms with Gasteiger partial charge in [-0.1, -0.05) is 30.2 Å². The van der Waals surface area contributed by atoms with Crippen molar-refractivity contribution < 1.29 is 18.0 Å². The van der Waals surface area contributed by atoms with Crippen molar-refractivity contribution in [3.63, 3.8) is 0 Å². The number of carbonyl (C=O) groups is 1. The van der Waals surface area contributed by atoms with Crippen molar-refractivity contribution >= 4 is 34.4 Å². The Morgan fingerprint density at radius 3 is 2.55 bits per heavy atom. The molecule has 2 heterocycles. The Balaban J connectivity index is 1.41. The van der Waals surface area contributed by atoms with Gasteiger partial charge in [0.2, 0.25) is 0 Å². The number of pyridine rings is 1. The third-order valence-electron chi connectivity index (χ3n) is 6.11. The van der Waals surface area contributed by atoms with E-state index < -0.39 is 17.2 Å². The van der Waals surface area contributed by atoms with E-state index in [2.05, 4.69) is 20.3 Å². The number of hydrogen-bond acceptors (Lipinski definition) is 3. The van der Waals surface area contributed by atoms with E-state index in [1.807, 2.05) is 6.07 Å². The van der Waals surface area contributed by atoms with E-state index in [1.165, 1.54) is 6.07 Å². The van der Waals surface area contributed by atoms with Crippen LogP contribution in [0.1, 0.15) is 46.6 Å². The van der Waals surface area contributed by atoms with Gasteiger partial charge in [-0.2, -0.15) is 13.2 Å². The van der Waals surface area contributed by atoms with Crippen molar-refractivity contribution in [3.05, 3.63) is 88.3 Å². The van der Waals surface area contributed by atoms with Crippen LogP contribution in [-0.2, 0) is 11.6 Å². The molecule has 1 fully saturated rings. The van der Waals surface area contributed by atoms with Gasteiger partial charge in [0.05, 0.1) is 22.0 Å². The summed E-state index contributed by atoms with van der Waals surface area (Å²) in [6.07, 6.45) is -0.161. The summed E-state index contributed by atoms with van der Waals surface area (Å²) in [4.78, 5) is 24.5. The minimum Gasteiger partial charge on any atom is -0.341 e. The highest BCUT2D eigenvalue weighted by molar-refractivity contribution is 6.31. The molecule has 9 heteroatoms. The largest absolute Gasteiger partial charge is 0.416 e. The molecule has 0 unspecified atom stereocenters. The summed E-state index contributed by atoms with van der Waals surface area (Å²) >= 11 is 5.94. The molecule has 33 heavy (non-hydrogen) atoms. The van der Waals surface area contributed by atoms with E-state index in [9.17, 15) is 18.0 Å².